The topological polar surface area (TPSA) is 32.3 Å². The number of nitrogens with one attached hydrogen (secondary N) is 1. The van der Waals surface area contributed by atoms with Crippen LogP contribution in [-0.2, 0) is 0 Å². The summed E-state index contributed by atoms with van der Waals surface area (Å²) in [5.41, 5.74) is 0.412. The van der Waals surface area contributed by atoms with Gasteiger partial charge in [-0.1, -0.05) is 0 Å². The average Bonchev–Trinajstić information content (AvgIpc) is 2.13. The highest BCUT2D eigenvalue weighted by molar-refractivity contribution is 5.08. The maximum Gasteiger partial charge on any atom is 0.0598 e. The summed E-state index contributed by atoms with van der Waals surface area (Å²) in [6.07, 6.45) is 6.42. The maximum absolute atomic E-state index is 10.0. The van der Waals surface area contributed by atoms with Crippen LogP contribution < -0.4 is 5.32 Å². The lowest BCUT2D eigenvalue weighted by atomic mass is 9.52. The number of hydrogen-bond acceptors (Lipinski definition) is 2. The van der Waals surface area contributed by atoms with Gasteiger partial charge in [0.15, 0.2) is 0 Å². The molecule has 0 saturated heterocycles. The minimum atomic E-state index is 0.0259. The fourth-order valence-electron chi connectivity index (χ4n) is 4.30. The second-order valence-electron chi connectivity index (χ2n) is 5.49. The van der Waals surface area contributed by atoms with Gasteiger partial charge in [-0.2, -0.15) is 0 Å². The van der Waals surface area contributed by atoms with E-state index in [2.05, 4.69) is 12.4 Å². The Morgan fingerprint density at radius 3 is 2.31 bits per heavy atom. The van der Waals surface area contributed by atoms with Crippen molar-refractivity contribution in [2.75, 3.05) is 7.05 Å². The van der Waals surface area contributed by atoms with E-state index in [0.29, 0.717) is 17.4 Å². The first-order chi connectivity index (χ1) is 6.22. The molecule has 5 atom stereocenters. The molecule has 0 amide bonds. The van der Waals surface area contributed by atoms with Crippen LogP contribution >= 0.6 is 0 Å². The summed E-state index contributed by atoms with van der Waals surface area (Å²) in [7, 11) is 2.10. The number of aliphatic hydroxyl groups excluding tert-OH is 1. The first-order valence-corrected chi connectivity index (χ1v) is 5.59. The number of aliphatic hydroxyl groups is 1. The van der Waals surface area contributed by atoms with Crippen molar-refractivity contribution in [3.63, 3.8) is 0 Å². The van der Waals surface area contributed by atoms with E-state index in [9.17, 15) is 5.11 Å². The Labute approximate surface area is 79.7 Å². The molecule has 2 heteroatoms. The minimum absolute atomic E-state index is 0.0259. The minimum Gasteiger partial charge on any atom is -0.393 e. The molecule has 4 saturated carbocycles. The smallest absolute Gasteiger partial charge is 0.0598 e. The Bertz CT molecular complexity index is 212. The van der Waals surface area contributed by atoms with Crippen molar-refractivity contribution in [1.82, 2.24) is 5.32 Å². The third-order valence-electron chi connectivity index (χ3n) is 4.75. The second-order valence-corrected chi connectivity index (χ2v) is 5.49. The van der Waals surface area contributed by atoms with Gasteiger partial charge in [0.05, 0.1) is 6.10 Å². The highest BCUT2D eigenvalue weighted by atomic mass is 16.3. The van der Waals surface area contributed by atoms with Crippen LogP contribution in [0.5, 0.6) is 0 Å². The van der Waals surface area contributed by atoms with Crippen molar-refractivity contribution in [2.24, 2.45) is 17.8 Å². The quantitative estimate of drug-likeness (QED) is 0.636. The monoisotopic (exact) mass is 181 g/mol. The molecule has 0 radical (unpaired) electrons. The third-order valence-corrected chi connectivity index (χ3v) is 4.75. The van der Waals surface area contributed by atoms with Crippen LogP contribution in [0.15, 0.2) is 0 Å². The van der Waals surface area contributed by atoms with E-state index in [-0.39, 0.29) is 6.10 Å². The molecular formula is C11H19NO. The summed E-state index contributed by atoms with van der Waals surface area (Å²) in [6, 6.07) is 0. The molecule has 4 rings (SSSR count). The Hall–Kier alpha value is -0.0800. The largest absolute Gasteiger partial charge is 0.393 e. The van der Waals surface area contributed by atoms with Gasteiger partial charge in [0, 0.05) is 5.54 Å². The fourth-order valence-corrected chi connectivity index (χ4v) is 4.30. The molecule has 74 valence electrons. The van der Waals surface area contributed by atoms with Crippen LogP contribution in [0.4, 0.5) is 0 Å². The molecule has 4 aliphatic carbocycles. The average molecular weight is 181 g/mol. The van der Waals surface area contributed by atoms with Crippen molar-refractivity contribution in [1.29, 1.82) is 0 Å². The summed E-state index contributed by atoms with van der Waals surface area (Å²) < 4.78 is 0. The molecule has 0 aromatic carbocycles. The van der Waals surface area contributed by atoms with Gasteiger partial charge in [0.2, 0.25) is 0 Å². The van der Waals surface area contributed by atoms with E-state index in [0.717, 1.165) is 5.92 Å². The van der Waals surface area contributed by atoms with Crippen molar-refractivity contribution >= 4 is 0 Å². The molecule has 0 spiro atoms. The SMILES string of the molecule is CN[C@]12CC3C[C@H](C1)C(O)[C@@H](C3)C2. The van der Waals surface area contributed by atoms with Gasteiger partial charge < -0.3 is 10.4 Å². The first-order valence-electron chi connectivity index (χ1n) is 5.59. The molecule has 4 bridgehead atoms. The molecule has 2 nitrogen and oxygen atoms in total. The normalized spacial score (nSPS) is 58.6. The van der Waals surface area contributed by atoms with Gasteiger partial charge in [-0.05, 0) is 56.9 Å². The fraction of sp³-hybridized carbons (Fsp3) is 1.00. The van der Waals surface area contributed by atoms with Gasteiger partial charge in [-0.25, -0.2) is 0 Å². The summed E-state index contributed by atoms with van der Waals surface area (Å²) >= 11 is 0. The second kappa shape index (κ2) is 2.48. The van der Waals surface area contributed by atoms with E-state index in [1.807, 2.05) is 0 Å². The van der Waals surface area contributed by atoms with Crippen LogP contribution in [0, 0.1) is 17.8 Å². The highest BCUT2D eigenvalue weighted by Gasteiger charge is 2.54. The zero-order chi connectivity index (χ0) is 9.05. The Balaban J connectivity index is 1.92. The molecule has 13 heavy (non-hydrogen) atoms. The predicted molar refractivity (Wildman–Crippen MR) is 51.4 cm³/mol. The lowest BCUT2D eigenvalue weighted by Gasteiger charge is -2.58. The molecule has 0 aromatic heterocycles. The molecule has 4 aliphatic rings. The number of rotatable bonds is 1. The molecule has 0 heterocycles. The molecule has 2 N–H and O–H groups in total. The van der Waals surface area contributed by atoms with Gasteiger partial charge in [0.1, 0.15) is 0 Å². The standard InChI is InChI=1S/C11H19NO/c1-12-11-4-7-2-8(5-11)10(13)9(3-7)6-11/h7-10,12-13H,2-6H2,1H3/t7?,8-,9+,10?,11-. The van der Waals surface area contributed by atoms with Gasteiger partial charge in [0.25, 0.3) is 0 Å². The maximum atomic E-state index is 10.0. The summed E-state index contributed by atoms with van der Waals surface area (Å²) in [4.78, 5) is 0. The van der Waals surface area contributed by atoms with E-state index in [1.54, 1.807) is 0 Å². The van der Waals surface area contributed by atoms with E-state index in [4.69, 9.17) is 0 Å². The zero-order valence-electron chi connectivity index (χ0n) is 8.29. The van der Waals surface area contributed by atoms with Crippen LogP contribution in [0.2, 0.25) is 0 Å². The lowest BCUT2D eigenvalue weighted by molar-refractivity contribution is -0.110. The summed E-state index contributed by atoms with van der Waals surface area (Å²) in [6.45, 7) is 0. The van der Waals surface area contributed by atoms with Crippen molar-refractivity contribution in [3.05, 3.63) is 0 Å². The Morgan fingerprint density at radius 2 is 1.77 bits per heavy atom. The Morgan fingerprint density at radius 1 is 1.15 bits per heavy atom. The van der Waals surface area contributed by atoms with Crippen LogP contribution in [0.25, 0.3) is 0 Å². The van der Waals surface area contributed by atoms with Gasteiger partial charge in [-0.3, -0.25) is 0 Å². The molecule has 0 aromatic rings. The van der Waals surface area contributed by atoms with Crippen LogP contribution in [0.3, 0.4) is 0 Å². The van der Waals surface area contributed by atoms with E-state index >= 15 is 0 Å². The van der Waals surface area contributed by atoms with Gasteiger partial charge in [-0.15, -0.1) is 0 Å². The van der Waals surface area contributed by atoms with Crippen molar-refractivity contribution < 1.29 is 5.11 Å². The van der Waals surface area contributed by atoms with Crippen molar-refractivity contribution in [3.8, 4) is 0 Å². The summed E-state index contributed by atoms with van der Waals surface area (Å²) in [5.74, 6) is 2.13. The lowest BCUT2D eigenvalue weighted by Crippen LogP contribution is -2.61. The van der Waals surface area contributed by atoms with Crippen LogP contribution in [-0.4, -0.2) is 23.8 Å². The molecule has 2 unspecified atom stereocenters. The Kier molecular flexibility index (Phi) is 1.58. The van der Waals surface area contributed by atoms with E-state index in [1.165, 1.54) is 32.1 Å². The molecular weight excluding hydrogens is 162 g/mol. The van der Waals surface area contributed by atoms with Gasteiger partial charge >= 0.3 is 0 Å². The molecule has 0 aliphatic heterocycles. The summed E-state index contributed by atoms with van der Waals surface area (Å²) in [5, 5.41) is 13.5. The van der Waals surface area contributed by atoms with Crippen LogP contribution in [0.1, 0.15) is 32.1 Å². The van der Waals surface area contributed by atoms with E-state index < -0.39 is 0 Å². The van der Waals surface area contributed by atoms with Crippen molar-refractivity contribution in [2.45, 2.75) is 43.7 Å². The highest BCUT2D eigenvalue weighted by Crippen LogP contribution is 2.55. The molecule has 4 fully saturated rings. The third kappa shape index (κ3) is 1.02. The predicted octanol–water partition coefficient (Wildman–Crippen LogP) is 1.15. The zero-order valence-corrected chi connectivity index (χ0v) is 8.29. The number of hydrogen-bond donors (Lipinski definition) is 2. The first kappa shape index (κ1) is 8.25.